The lowest BCUT2D eigenvalue weighted by Gasteiger charge is -2.41. The minimum atomic E-state index is -3.81. The van der Waals surface area contributed by atoms with E-state index in [2.05, 4.69) is 31.5 Å². The zero-order chi connectivity index (χ0) is 73.3. The summed E-state index contributed by atoms with van der Waals surface area (Å²) in [6, 6.07) is 23.8. The number of unbranched alkanes of at least 4 members (excludes halogenated alkanes) is 1. The van der Waals surface area contributed by atoms with Gasteiger partial charge in [-0.25, -0.2) is 33.7 Å². The number of carbonyl (C=O) groups is 6. The third-order valence-corrected chi connectivity index (χ3v) is 27.5. The van der Waals surface area contributed by atoms with Crippen molar-refractivity contribution in [2.24, 2.45) is 0 Å². The molecular weight excluding hydrogens is 1380 g/mol. The van der Waals surface area contributed by atoms with Crippen molar-refractivity contribution in [2.75, 3.05) is 120 Å². The molecule has 0 aromatic heterocycles. The predicted molar refractivity (Wildman–Crippen MR) is 376 cm³/mol. The lowest BCUT2D eigenvalue weighted by Crippen LogP contribution is -2.59. The van der Waals surface area contributed by atoms with Crippen LogP contribution in [0.2, 0.25) is 0 Å². The topological polar surface area (TPSA) is 346 Å². The van der Waals surface area contributed by atoms with Crippen LogP contribution in [0.4, 0.5) is 0 Å². The highest BCUT2D eigenvalue weighted by Crippen LogP contribution is 2.43. The highest BCUT2D eigenvalue weighted by Gasteiger charge is 2.56. The number of ether oxygens (including phenoxy) is 3. The average molecular weight is 1480 g/mol. The number of nitrogens with one attached hydrogen (secondary N) is 5. The molecule has 4 spiro atoms. The van der Waals surface area contributed by atoms with Crippen LogP contribution in [0.1, 0.15) is 140 Å². The zero-order valence-corrected chi connectivity index (χ0v) is 62.1. The normalized spacial score (nSPS) is 22.2. The molecule has 5 N–H and O–H groups in total. The van der Waals surface area contributed by atoms with Crippen molar-refractivity contribution in [3.8, 4) is 0 Å². The fraction of sp³-hybridized carbons (Fsp3) is 0.565. The van der Waals surface area contributed by atoms with E-state index in [-0.39, 0.29) is 92.9 Å². The van der Waals surface area contributed by atoms with Gasteiger partial charge in [-0.3, -0.25) is 34.1 Å². The predicted octanol–water partition coefficient (Wildman–Crippen LogP) is 3.62. The molecule has 8 aliphatic rings. The monoisotopic (exact) mass is 1480 g/mol. The number of sulfonamides is 4. The standard InChI is InChI=1S/C21H33N3O4S.C18H27N3O4S.C15H19N3O4S.C15H18N2O5S/c1-17(25)18-7-9-20(10-8-18)29(26,27)24-19(6-4-5-15-23(2)3)16-28-21(24)11-13-22-14-12-21;1-14(22)15-4-6-17(7-5-15)26(23,24)21-16(12-20(2)3)13-25-18(21)8-10-19-11-9-18;1-11(19)12-2-4-13(5-3-12)23(21,22)18-10-14(20)17-15(18)6-8-16-9-7-15;1-11(18)12-2-4-13(5-3-12)23(20,21)17-8-6-15(7-9-17)16-10-14(19)22-15/h7-10,19,22H,4-6,11-16H2,1-3H3;4-7,16,19H,8-13H2,1-3H3;2-5,16H,6-10H2,1H3,(H,17,20);2-5,16H,6-10H2,1H3. The van der Waals surface area contributed by atoms with Gasteiger partial charge in [0.2, 0.25) is 46.0 Å². The number of ketones is 4. The second-order valence-electron chi connectivity index (χ2n) is 27.4. The SMILES string of the molecule is CC(=O)c1ccc(S(=O)(=O)N2C(CCCCN(C)C)COC23CCNCC3)cc1.CC(=O)c1ccc(S(=O)(=O)N2C(CN(C)C)COC23CCNCC3)cc1.CC(=O)c1ccc(S(=O)(=O)N2CC(=O)NC23CCNCC3)cc1.CC(=O)c1ccc(S(=O)(=O)N2CCC3(CC2)NCC(=O)O3)cc1. The smallest absolute Gasteiger partial charge is 0.321 e. The Balaban J connectivity index is 0.000000157. The molecule has 2 atom stereocenters. The molecule has 8 heterocycles. The second-order valence-corrected chi connectivity index (χ2v) is 34.8. The highest BCUT2D eigenvalue weighted by molar-refractivity contribution is 7.90. The molecule has 0 saturated carbocycles. The van der Waals surface area contributed by atoms with Gasteiger partial charge in [-0.15, -0.1) is 0 Å². The van der Waals surface area contributed by atoms with Gasteiger partial charge in [-0.2, -0.15) is 17.2 Å². The van der Waals surface area contributed by atoms with E-state index in [1.54, 1.807) is 45.0 Å². The molecule has 12 rings (SSSR count). The van der Waals surface area contributed by atoms with Gasteiger partial charge in [-0.05, 0) is 176 Å². The number of Topliss-reactive ketones (excluding diaryl/α,β-unsaturated/α-hetero) is 4. The van der Waals surface area contributed by atoms with Gasteiger partial charge in [0.05, 0.1) is 58.0 Å². The van der Waals surface area contributed by atoms with E-state index in [0.717, 1.165) is 52.0 Å². The van der Waals surface area contributed by atoms with Gasteiger partial charge in [0.25, 0.3) is 0 Å². The maximum Gasteiger partial charge on any atom is 0.321 e. The van der Waals surface area contributed by atoms with Gasteiger partial charge >= 0.3 is 5.97 Å². The molecule has 101 heavy (non-hydrogen) atoms. The number of hydrogen-bond acceptors (Lipinski definition) is 23. The quantitative estimate of drug-likeness (QED) is 0.0508. The molecule has 1 amide bonds. The summed E-state index contributed by atoms with van der Waals surface area (Å²) < 4.78 is 129. The van der Waals surface area contributed by atoms with Crippen LogP contribution in [0.5, 0.6) is 0 Å². The first kappa shape index (κ1) is 78.9. The number of carbonyl (C=O) groups excluding carboxylic acids is 6. The molecule has 28 nitrogen and oxygen atoms in total. The highest BCUT2D eigenvalue weighted by atomic mass is 32.2. The minimum absolute atomic E-state index is 0.0768. The number of rotatable bonds is 19. The molecule has 8 fully saturated rings. The van der Waals surface area contributed by atoms with E-state index in [9.17, 15) is 62.4 Å². The van der Waals surface area contributed by atoms with E-state index in [0.29, 0.717) is 106 Å². The molecule has 0 aliphatic carbocycles. The third-order valence-electron chi connectivity index (χ3n) is 19.6. The summed E-state index contributed by atoms with van der Waals surface area (Å²) in [6.07, 6.45) is 7.21. The van der Waals surface area contributed by atoms with Crippen LogP contribution in [0.25, 0.3) is 0 Å². The van der Waals surface area contributed by atoms with Gasteiger partial charge in [0.15, 0.2) is 28.9 Å². The molecule has 0 radical (unpaired) electrons. The molecular formula is C69H97N11O17S4. The molecule has 4 aromatic carbocycles. The molecule has 0 bridgehead atoms. The van der Waals surface area contributed by atoms with Crippen LogP contribution < -0.4 is 26.6 Å². The van der Waals surface area contributed by atoms with Gasteiger partial charge in [0.1, 0.15) is 17.1 Å². The number of amides is 1. The third kappa shape index (κ3) is 18.1. The Morgan fingerprint density at radius 2 is 0.861 bits per heavy atom. The van der Waals surface area contributed by atoms with E-state index < -0.39 is 62.9 Å². The number of hydrogen-bond donors (Lipinski definition) is 5. The summed E-state index contributed by atoms with van der Waals surface area (Å²) in [7, 11) is -6.94. The Kier molecular flexibility index (Phi) is 25.7. The summed E-state index contributed by atoms with van der Waals surface area (Å²) in [6.45, 7) is 13.0. The molecule has 2 unspecified atom stereocenters. The van der Waals surface area contributed by atoms with Crippen LogP contribution in [0, 0.1) is 0 Å². The van der Waals surface area contributed by atoms with Gasteiger partial charge in [-0.1, -0.05) is 55.0 Å². The molecule has 32 heteroatoms. The number of piperidine rings is 4. The number of benzene rings is 4. The van der Waals surface area contributed by atoms with Crippen molar-refractivity contribution in [1.29, 1.82) is 0 Å². The molecule has 4 aromatic rings. The number of likely N-dealkylation sites (N-methyl/N-ethyl adjacent to an activating group) is 1. The molecule has 554 valence electrons. The van der Waals surface area contributed by atoms with Crippen molar-refractivity contribution < 1.29 is 76.6 Å². The molecule has 8 aliphatic heterocycles. The van der Waals surface area contributed by atoms with Crippen molar-refractivity contribution in [3.05, 3.63) is 119 Å². The second kappa shape index (κ2) is 32.9. The van der Waals surface area contributed by atoms with E-state index >= 15 is 0 Å². The van der Waals surface area contributed by atoms with Crippen molar-refractivity contribution >= 4 is 75.1 Å². The number of esters is 1. The Hall–Kier alpha value is -6.18. The molecule has 8 saturated heterocycles. The summed E-state index contributed by atoms with van der Waals surface area (Å²) in [5.74, 6) is -0.979. The largest absolute Gasteiger partial charge is 0.443 e. The minimum Gasteiger partial charge on any atom is -0.443 e. The van der Waals surface area contributed by atoms with Crippen LogP contribution >= 0.6 is 0 Å². The average Bonchev–Trinajstić information content (AvgIpc) is 1.64. The first-order valence-corrected chi connectivity index (χ1v) is 40.0. The summed E-state index contributed by atoms with van der Waals surface area (Å²) in [4.78, 5) is 73.6. The lowest BCUT2D eigenvalue weighted by molar-refractivity contribution is -0.151. The van der Waals surface area contributed by atoms with Crippen molar-refractivity contribution in [2.45, 2.75) is 153 Å². The lowest BCUT2D eigenvalue weighted by atomic mass is 9.99. The van der Waals surface area contributed by atoms with Crippen LogP contribution in [0.3, 0.4) is 0 Å². The summed E-state index contributed by atoms with van der Waals surface area (Å²) >= 11 is 0. The Morgan fingerprint density at radius 1 is 0.485 bits per heavy atom. The summed E-state index contributed by atoms with van der Waals surface area (Å²) in [5, 5.41) is 15.6. The van der Waals surface area contributed by atoms with Crippen molar-refractivity contribution in [1.82, 2.24) is 53.6 Å². The zero-order valence-electron chi connectivity index (χ0n) is 58.8. The van der Waals surface area contributed by atoms with Crippen LogP contribution in [-0.2, 0) is 63.9 Å². The maximum absolute atomic E-state index is 13.7. The van der Waals surface area contributed by atoms with E-state index in [1.807, 2.05) is 33.1 Å². The Bertz CT molecular complexity index is 4080. The van der Waals surface area contributed by atoms with Gasteiger partial charge < -0.3 is 45.3 Å². The van der Waals surface area contributed by atoms with Crippen molar-refractivity contribution in [3.63, 3.8) is 0 Å². The maximum atomic E-state index is 13.7. The fourth-order valence-corrected chi connectivity index (χ4v) is 21.2. The summed E-state index contributed by atoms with van der Waals surface area (Å²) in [5.41, 5.74) is -1.18. The first-order chi connectivity index (χ1) is 47.7. The van der Waals surface area contributed by atoms with Gasteiger partial charge in [0, 0.05) is 80.4 Å². The Labute approximate surface area is 594 Å². The number of nitrogens with zero attached hydrogens (tertiary/aromatic N) is 6. The van der Waals surface area contributed by atoms with Crippen LogP contribution in [-0.4, -0.2) is 251 Å². The van der Waals surface area contributed by atoms with E-state index in [4.69, 9.17) is 14.2 Å². The Morgan fingerprint density at radius 3 is 1.24 bits per heavy atom. The van der Waals surface area contributed by atoms with E-state index in [1.165, 1.54) is 97.0 Å². The first-order valence-electron chi connectivity index (χ1n) is 34.2. The van der Waals surface area contributed by atoms with Crippen LogP contribution in [0.15, 0.2) is 117 Å². The fourth-order valence-electron chi connectivity index (χ4n) is 14.2.